The number of carbonyl (C=O) groups excluding carboxylic acids is 1. The molecule has 1 aliphatic rings. The molecular formula is C21H23ClN4O5S. The summed E-state index contributed by atoms with van der Waals surface area (Å²) in [5.41, 5.74) is 0.0277. The van der Waals surface area contributed by atoms with Crippen molar-refractivity contribution >= 4 is 27.5 Å². The first-order valence-corrected chi connectivity index (χ1v) is 11.9. The lowest BCUT2D eigenvalue weighted by Gasteiger charge is -2.20. The van der Waals surface area contributed by atoms with Crippen LogP contribution in [-0.4, -0.2) is 41.0 Å². The molecule has 0 unspecified atom stereocenters. The number of nitrogens with one attached hydrogen (secondary N) is 1. The number of nitrogens with zero attached hydrogens (tertiary/aromatic N) is 3. The van der Waals surface area contributed by atoms with Gasteiger partial charge in [-0.3, -0.25) is 4.79 Å². The van der Waals surface area contributed by atoms with E-state index in [-0.39, 0.29) is 29.3 Å². The number of hydrogen-bond donors (Lipinski definition) is 1. The number of sulfonamides is 1. The van der Waals surface area contributed by atoms with Crippen molar-refractivity contribution in [3.8, 4) is 11.5 Å². The van der Waals surface area contributed by atoms with Gasteiger partial charge in [-0.15, -0.1) is 10.2 Å². The van der Waals surface area contributed by atoms with Crippen molar-refractivity contribution in [2.75, 3.05) is 0 Å². The van der Waals surface area contributed by atoms with Crippen LogP contribution in [-0.2, 0) is 16.6 Å². The highest BCUT2D eigenvalue weighted by molar-refractivity contribution is 7.89. The second kappa shape index (κ2) is 8.34. The van der Waals surface area contributed by atoms with Gasteiger partial charge in [-0.1, -0.05) is 11.6 Å². The van der Waals surface area contributed by atoms with Crippen molar-refractivity contribution in [2.24, 2.45) is 0 Å². The van der Waals surface area contributed by atoms with Crippen LogP contribution < -0.4 is 4.72 Å². The number of aromatic nitrogens is 2. The summed E-state index contributed by atoms with van der Waals surface area (Å²) in [6, 6.07) is 9.61. The Morgan fingerprint density at radius 1 is 1.12 bits per heavy atom. The highest BCUT2D eigenvalue weighted by atomic mass is 35.5. The predicted octanol–water partition coefficient (Wildman–Crippen LogP) is 3.86. The van der Waals surface area contributed by atoms with E-state index in [0.29, 0.717) is 16.5 Å². The first-order valence-electron chi connectivity index (χ1n) is 10.0. The van der Waals surface area contributed by atoms with E-state index < -0.39 is 21.5 Å². The van der Waals surface area contributed by atoms with Crippen LogP contribution in [0.4, 0.5) is 0 Å². The van der Waals surface area contributed by atoms with E-state index in [0.717, 1.165) is 12.8 Å². The van der Waals surface area contributed by atoms with Gasteiger partial charge >= 0.3 is 0 Å². The van der Waals surface area contributed by atoms with Crippen molar-refractivity contribution in [3.63, 3.8) is 0 Å². The molecule has 9 nitrogen and oxygen atoms in total. The van der Waals surface area contributed by atoms with E-state index in [4.69, 9.17) is 20.4 Å². The summed E-state index contributed by atoms with van der Waals surface area (Å²) in [7, 11) is -3.89. The van der Waals surface area contributed by atoms with E-state index in [1.54, 1.807) is 49.9 Å². The fraction of sp³-hybridized carbons (Fsp3) is 0.381. The molecule has 2 heterocycles. The van der Waals surface area contributed by atoms with E-state index >= 15 is 0 Å². The summed E-state index contributed by atoms with van der Waals surface area (Å²) in [5.74, 6) is 0.0862. The summed E-state index contributed by atoms with van der Waals surface area (Å²) < 4.78 is 38.6. The minimum Gasteiger partial charge on any atom is -0.438 e. The Balaban J connectivity index is 1.51. The smallest absolute Gasteiger partial charge is 0.290 e. The molecule has 0 aliphatic heterocycles. The van der Waals surface area contributed by atoms with Gasteiger partial charge in [-0.2, -0.15) is 0 Å². The quantitative estimate of drug-likeness (QED) is 0.547. The van der Waals surface area contributed by atoms with E-state index in [9.17, 15) is 13.2 Å². The molecule has 32 heavy (non-hydrogen) atoms. The van der Waals surface area contributed by atoms with Crippen molar-refractivity contribution in [1.82, 2.24) is 19.8 Å². The molecule has 2 aromatic heterocycles. The van der Waals surface area contributed by atoms with Crippen molar-refractivity contribution in [3.05, 3.63) is 53.1 Å². The van der Waals surface area contributed by atoms with Gasteiger partial charge in [-0.25, -0.2) is 13.1 Å². The minimum absolute atomic E-state index is 0.00578. The lowest BCUT2D eigenvalue weighted by atomic mass is 10.1. The molecule has 3 aromatic rings. The van der Waals surface area contributed by atoms with Gasteiger partial charge in [0.25, 0.3) is 15.9 Å². The SMILES string of the molecule is CC(C)(C)NS(=O)(=O)c1ccc(C(=O)N(Cc2nnc(-c3ccc(Cl)cc3)o2)C2CC2)o1. The first-order chi connectivity index (χ1) is 15.0. The number of halogens is 1. The van der Waals surface area contributed by atoms with Gasteiger partial charge in [0.05, 0.1) is 6.54 Å². The second-order valence-electron chi connectivity index (χ2n) is 8.65. The number of furan rings is 1. The molecule has 0 atom stereocenters. The van der Waals surface area contributed by atoms with E-state index in [1.165, 1.54) is 12.1 Å². The summed E-state index contributed by atoms with van der Waals surface area (Å²) in [6.45, 7) is 5.25. The molecule has 1 fully saturated rings. The molecule has 1 N–H and O–H groups in total. The first kappa shape index (κ1) is 22.5. The zero-order chi connectivity index (χ0) is 23.1. The molecule has 0 saturated heterocycles. The number of amides is 1. The van der Waals surface area contributed by atoms with Gasteiger partial charge in [0, 0.05) is 22.2 Å². The lowest BCUT2D eigenvalue weighted by molar-refractivity contribution is 0.0676. The zero-order valence-electron chi connectivity index (χ0n) is 17.8. The molecule has 1 amide bonds. The predicted molar refractivity (Wildman–Crippen MR) is 116 cm³/mol. The molecule has 4 rings (SSSR count). The molecule has 170 valence electrons. The Labute approximate surface area is 190 Å². The van der Waals surface area contributed by atoms with Crippen LogP contribution in [0.15, 0.2) is 50.3 Å². The van der Waals surface area contributed by atoms with Crippen LogP contribution in [0.3, 0.4) is 0 Å². The summed E-state index contributed by atoms with van der Waals surface area (Å²) in [4.78, 5) is 14.6. The highest BCUT2D eigenvalue weighted by Gasteiger charge is 2.36. The molecule has 11 heteroatoms. The van der Waals surface area contributed by atoms with Gasteiger partial charge in [-0.05, 0) is 70.0 Å². The maximum absolute atomic E-state index is 13.1. The third-order valence-corrected chi connectivity index (χ3v) is 6.49. The number of carbonyl (C=O) groups is 1. The maximum Gasteiger partial charge on any atom is 0.290 e. The van der Waals surface area contributed by atoms with Crippen LogP contribution in [0.5, 0.6) is 0 Å². The normalized spacial score (nSPS) is 14.5. The number of benzene rings is 1. The van der Waals surface area contributed by atoms with Crippen LogP contribution >= 0.6 is 11.6 Å². The van der Waals surface area contributed by atoms with Gasteiger partial charge in [0.15, 0.2) is 5.76 Å². The topological polar surface area (TPSA) is 119 Å². The largest absolute Gasteiger partial charge is 0.438 e. The summed E-state index contributed by atoms with van der Waals surface area (Å²) >= 11 is 5.91. The van der Waals surface area contributed by atoms with Gasteiger partial charge < -0.3 is 13.7 Å². The van der Waals surface area contributed by atoms with Crippen molar-refractivity contribution in [1.29, 1.82) is 0 Å². The molecular weight excluding hydrogens is 456 g/mol. The fourth-order valence-electron chi connectivity index (χ4n) is 3.10. The average Bonchev–Trinajstić information content (AvgIpc) is 3.22. The molecule has 0 radical (unpaired) electrons. The molecule has 0 bridgehead atoms. The van der Waals surface area contributed by atoms with E-state index in [2.05, 4.69) is 14.9 Å². The second-order valence-corrected chi connectivity index (χ2v) is 10.7. The third kappa shape index (κ3) is 5.20. The lowest BCUT2D eigenvalue weighted by Crippen LogP contribution is -2.40. The summed E-state index contributed by atoms with van der Waals surface area (Å²) in [6.07, 6.45) is 1.67. The molecule has 1 aromatic carbocycles. The Hall–Kier alpha value is -2.69. The zero-order valence-corrected chi connectivity index (χ0v) is 19.4. The van der Waals surface area contributed by atoms with Crippen molar-refractivity contribution in [2.45, 2.75) is 56.8 Å². The summed E-state index contributed by atoms with van der Waals surface area (Å²) in [5, 5.41) is 8.37. The monoisotopic (exact) mass is 478 g/mol. The van der Waals surface area contributed by atoms with Crippen LogP contribution in [0, 0.1) is 0 Å². The van der Waals surface area contributed by atoms with Crippen LogP contribution in [0.2, 0.25) is 5.02 Å². The molecule has 1 saturated carbocycles. The standard InChI is InChI=1S/C21H23ClN4O5S/c1-21(2,3)25-32(28,29)18-11-10-16(30-18)20(27)26(15-8-9-15)12-17-23-24-19(31-17)13-4-6-14(22)7-5-13/h4-7,10-11,15,25H,8-9,12H2,1-3H3. The Morgan fingerprint density at radius 2 is 1.81 bits per heavy atom. The van der Waals surface area contributed by atoms with E-state index in [1.807, 2.05) is 0 Å². The maximum atomic E-state index is 13.1. The highest BCUT2D eigenvalue weighted by Crippen LogP contribution is 2.31. The Kier molecular flexibility index (Phi) is 5.87. The Bertz CT molecular complexity index is 1220. The molecule has 1 aliphatic carbocycles. The average molecular weight is 479 g/mol. The van der Waals surface area contributed by atoms with Crippen molar-refractivity contribution < 1.29 is 22.0 Å². The van der Waals surface area contributed by atoms with Gasteiger partial charge in [0.1, 0.15) is 0 Å². The number of hydrogen-bond acceptors (Lipinski definition) is 7. The third-order valence-electron chi connectivity index (χ3n) is 4.61. The van der Waals surface area contributed by atoms with Gasteiger partial charge in [0.2, 0.25) is 16.9 Å². The van der Waals surface area contributed by atoms with Crippen LogP contribution in [0.1, 0.15) is 50.1 Å². The fourth-order valence-corrected chi connectivity index (χ4v) is 4.58. The Morgan fingerprint density at radius 3 is 2.44 bits per heavy atom. The van der Waals surface area contributed by atoms with Crippen LogP contribution in [0.25, 0.3) is 11.5 Å². The molecule has 0 spiro atoms. The minimum atomic E-state index is -3.89. The number of rotatable bonds is 7.